The Morgan fingerprint density at radius 1 is 1.33 bits per heavy atom. The Balaban J connectivity index is 1.50. The molecule has 1 atom stereocenters. The first kappa shape index (κ1) is 11.7. The van der Waals surface area contributed by atoms with Gasteiger partial charge in [0, 0.05) is 45.1 Å². The zero-order valence-electron chi connectivity index (χ0n) is 10.4. The maximum atomic E-state index is 11.6. The van der Waals surface area contributed by atoms with E-state index in [9.17, 15) is 4.79 Å². The number of aromatic nitrogens is 2. The molecule has 0 saturated carbocycles. The van der Waals surface area contributed by atoms with Gasteiger partial charge in [-0.05, 0) is 6.42 Å². The molecule has 3 rings (SSSR count). The van der Waals surface area contributed by atoms with Gasteiger partial charge in [0.1, 0.15) is 5.82 Å². The molecule has 0 radical (unpaired) electrons. The highest BCUT2D eigenvalue weighted by Crippen LogP contribution is 2.13. The second-order valence-corrected chi connectivity index (χ2v) is 4.94. The van der Waals surface area contributed by atoms with Gasteiger partial charge in [-0.2, -0.15) is 0 Å². The fourth-order valence-electron chi connectivity index (χ4n) is 2.76. The minimum absolute atomic E-state index is 0.107. The van der Waals surface area contributed by atoms with Crippen molar-refractivity contribution in [2.24, 2.45) is 0 Å². The molecule has 0 aliphatic carbocycles. The third-order valence-electron chi connectivity index (χ3n) is 3.80. The van der Waals surface area contributed by atoms with Crippen LogP contribution in [0, 0.1) is 0 Å². The monoisotopic (exact) mass is 249 g/mol. The first-order chi connectivity index (χ1) is 8.83. The van der Waals surface area contributed by atoms with Crippen molar-refractivity contribution in [2.45, 2.75) is 19.0 Å². The van der Waals surface area contributed by atoms with Gasteiger partial charge >= 0.3 is 0 Å². The van der Waals surface area contributed by atoms with E-state index in [2.05, 4.69) is 25.1 Å². The summed E-state index contributed by atoms with van der Waals surface area (Å²) in [6, 6.07) is 0.107. The van der Waals surface area contributed by atoms with Crippen molar-refractivity contribution in [3.05, 3.63) is 18.2 Å². The lowest BCUT2D eigenvalue weighted by atomic mass is 10.2. The van der Waals surface area contributed by atoms with Crippen LogP contribution in [0.1, 0.15) is 12.2 Å². The largest absolute Gasteiger partial charge is 0.355 e. The predicted molar refractivity (Wildman–Crippen MR) is 66.9 cm³/mol. The molecule has 2 aliphatic heterocycles. The molecule has 1 aromatic heterocycles. The Bertz CT molecular complexity index is 397. The molecule has 98 valence electrons. The highest BCUT2D eigenvalue weighted by molar-refractivity contribution is 5.83. The van der Waals surface area contributed by atoms with Crippen LogP contribution in [0.2, 0.25) is 0 Å². The van der Waals surface area contributed by atoms with Crippen LogP contribution >= 0.6 is 0 Å². The standard InChI is InChI=1S/C12H19N5O/c18-12-10(1-2-15-12)17-7-5-16(6-8-17)9-11-13-3-4-14-11/h3-4,10H,1-2,5-9H2,(H,13,14)(H,15,18). The van der Waals surface area contributed by atoms with Gasteiger partial charge in [0.05, 0.1) is 12.6 Å². The SMILES string of the molecule is O=C1NCCC1N1CCN(Cc2ncc[nH]2)CC1. The number of amides is 1. The zero-order valence-corrected chi connectivity index (χ0v) is 10.4. The summed E-state index contributed by atoms with van der Waals surface area (Å²) in [5.74, 6) is 1.22. The van der Waals surface area contributed by atoms with Gasteiger partial charge in [0.15, 0.2) is 0 Å². The average molecular weight is 249 g/mol. The van der Waals surface area contributed by atoms with Gasteiger partial charge in [0.2, 0.25) is 5.91 Å². The highest BCUT2D eigenvalue weighted by Gasteiger charge is 2.32. The lowest BCUT2D eigenvalue weighted by Gasteiger charge is -2.36. The average Bonchev–Trinajstić information content (AvgIpc) is 3.02. The summed E-state index contributed by atoms with van der Waals surface area (Å²) in [4.78, 5) is 23.7. The van der Waals surface area contributed by atoms with Crippen molar-refractivity contribution in [3.8, 4) is 0 Å². The molecular weight excluding hydrogens is 230 g/mol. The number of imidazole rings is 1. The van der Waals surface area contributed by atoms with Crippen LogP contribution in [0.3, 0.4) is 0 Å². The minimum atomic E-state index is 0.107. The number of nitrogens with one attached hydrogen (secondary N) is 2. The zero-order chi connectivity index (χ0) is 12.4. The Labute approximate surface area is 106 Å². The number of H-pyrrole nitrogens is 1. The number of piperazine rings is 1. The first-order valence-corrected chi connectivity index (χ1v) is 6.55. The summed E-state index contributed by atoms with van der Waals surface area (Å²) in [5, 5.41) is 2.91. The summed E-state index contributed by atoms with van der Waals surface area (Å²) in [5.41, 5.74) is 0. The summed E-state index contributed by atoms with van der Waals surface area (Å²) in [6.45, 7) is 5.65. The molecule has 6 heteroatoms. The lowest BCUT2D eigenvalue weighted by Crippen LogP contribution is -2.52. The molecule has 0 spiro atoms. The van der Waals surface area contributed by atoms with Gasteiger partial charge in [-0.25, -0.2) is 4.98 Å². The van der Waals surface area contributed by atoms with E-state index in [4.69, 9.17) is 0 Å². The number of nitrogens with zero attached hydrogens (tertiary/aromatic N) is 3. The van der Waals surface area contributed by atoms with E-state index in [1.807, 2.05) is 6.20 Å². The molecule has 1 unspecified atom stereocenters. The second-order valence-electron chi connectivity index (χ2n) is 4.94. The molecule has 1 amide bonds. The maximum absolute atomic E-state index is 11.6. The van der Waals surface area contributed by atoms with Crippen molar-refractivity contribution >= 4 is 5.91 Å². The van der Waals surface area contributed by atoms with Crippen LogP contribution in [-0.4, -0.2) is 64.4 Å². The smallest absolute Gasteiger partial charge is 0.237 e. The molecule has 6 nitrogen and oxygen atoms in total. The number of hydrogen-bond donors (Lipinski definition) is 2. The van der Waals surface area contributed by atoms with Crippen molar-refractivity contribution in [3.63, 3.8) is 0 Å². The summed E-state index contributed by atoms with van der Waals surface area (Å²) in [7, 11) is 0. The van der Waals surface area contributed by atoms with E-state index in [1.165, 1.54) is 0 Å². The number of hydrogen-bond acceptors (Lipinski definition) is 4. The Morgan fingerprint density at radius 2 is 2.17 bits per heavy atom. The molecule has 3 heterocycles. The highest BCUT2D eigenvalue weighted by atomic mass is 16.2. The van der Waals surface area contributed by atoms with Gasteiger partial charge in [-0.15, -0.1) is 0 Å². The topological polar surface area (TPSA) is 64.3 Å². The van der Waals surface area contributed by atoms with Crippen molar-refractivity contribution in [1.29, 1.82) is 0 Å². The quantitative estimate of drug-likeness (QED) is 0.752. The van der Waals surface area contributed by atoms with Crippen LogP contribution in [0.4, 0.5) is 0 Å². The third kappa shape index (κ3) is 2.39. The van der Waals surface area contributed by atoms with Crippen LogP contribution in [0.25, 0.3) is 0 Å². The van der Waals surface area contributed by atoms with E-state index in [0.29, 0.717) is 0 Å². The lowest BCUT2D eigenvalue weighted by molar-refractivity contribution is -0.124. The molecule has 0 bridgehead atoms. The Kier molecular flexibility index (Phi) is 3.29. The fourth-order valence-corrected chi connectivity index (χ4v) is 2.76. The van der Waals surface area contributed by atoms with E-state index in [1.54, 1.807) is 6.20 Å². The normalized spacial score (nSPS) is 26.4. The number of aromatic amines is 1. The van der Waals surface area contributed by atoms with E-state index < -0.39 is 0 Å². The summed E-state index contributed by atoms with van der Waals surface area (Å²) in [6.07, 6.45) is 4.60. The van der Waals surface area contributed by atoms with Gasteiger partial charge in [-0.1, -0.05) is 0 Å². The Morgan fingerprint density at radius 3 is 2.78 bits per heavy atom. The number of rotatable bonds is 3. The molecular formula is C12H19N5O. The molecule has 2 fully saturated rings. The summed E-state index contributed by atoms with van der Waals surface area (Å²) < 4.78 is 0. The van der Waals surface area contributed by atoms with Crippen molar-refractivity contribution in [1.82, 2.24) is 25.1 Å². The van der Waals surface area contributed by atoms with Crippen LogP contribution in [0.15, 0.2) is 12.4 Å². The van der Waals surface area contributed by atoms with Gasteiger partial charge in [0.25, 0.3) is 0 Å². The fraction of sp³-hybridized carbons (Fsp3) is 0.667. The predicted octanol–water partition coefficient (Wildman–Crippen LogP) is -0.584. The first-order valence-electron chi connectivity index (χ1n) is 6.55. The van der Waals surface area contributed by atoms with Crippen LogP contribution in [-0.2, 0) is 11.3 Å². The van der Waals surface area contributed by atoms with Crippen LogP contribution in [0.5, 0.6) is 0 Å². The molecule has 2 N–H and O–H groups in total. The second kappa shape index (κ2) is 5.07. The molecule has 2 saturated heterocycles. The molecule has 1 aromatic rings. The maximum Gasteiger partial charge on any atom is 0.237 e. The number of carbonyl (C=O) groups is 1. The molecule has 0 aromatic carbocycles. The van der Waals surface area contributed by atoms with Crippen molar-refractivity contribution in [2.75, 3.05) is 32.7 Å². The van der Waals surface area contributed by atoms with E-state index in [0.717, 1.165) is 51.5 Å². The minimum Gasteiger partial charge on any atom is -0.355 e. The van der Waals surface area contributed by atoms with E-state index in [-0.39, 0.29) is 11.9 Å². The van der Waals surface area contributed by atoms with E-state index >= 15 is 0 Å². The number of carbonyl (C=O) groups excluding carboxylic acids is 1. The van der Waals surface area contributed by atoms with Crippen molar-refractivity contribution < 1.29 is 4.79 Å². The molecule has 18 heavy (non-hydrogen) atoms. The van der Waals surface area contributed by atoms with Gasteiger partial charge < -0.3 is 10.3 Å². The third-order valence-corrected chi connectivity index (χ3v) is 3.80. The van der Waals surface area contributed by atoms with Gasteiger partial charge in [-0.3, -0.25) is 14.6 Å². The molecule has 2 aliphatic rings. The van der Waals surface area contributed by atoms with Crippen LogP contribution < -0.4 is 5.32 Å². The Hall–Kier alpha value is -1.40. The summed E-state index contributed by atoms with van der Waals surface area (Å²) >= 11 is 0.